The quantitative estimate of drug-likeness (QED) is 0.246. The third-order valence-electron chi connectivity index (χ3n) is 4.49. The standard InChI is InChI=1S/C20H32N4O4.HI/c1-4-28-20(25)24-13-11-23(12-14-24)19(21-2)22-10-5-15-27-16-17-6-8-18(26-3)9-7-17;/h6-9H,4-5,10-16H2,1-3H3,(H,21,22);1H. The normalized spacial score (nSPS) is 14.2. The Kier molecular flexibility index (Phi) is 12.4. The van der Waals surface area contributed by atoms with Crippen molar-refractivity contribution >= 4 is 36.0 Å². The van der Waals surface area contributed by atoms with Gasteiger partial charge >= 0.3 is 6.09 Å². The first kappa shape index (κ1) is 25.3. The smallest absolute Gasteiger partial charge is 0.409 e. The minimum Gasteiger partial charge on any atom is -0.497 e. The second-order valence-electron chi connectivity index (χ2n) is 6.40. The molecular weight excluding hydrogens is 487 g/mol. The zero-order chi connectivity index (χ0) is 20.2. The van der Waals surface area contributed by atoms with Gasteiger partial charge in [-0.25, -0.2) is 4.79 Å². The third-order valence-corrected chi connectivity index (χ3v) is 4.49. The summed E-state index contributed by atoms with van der Waals surface area (Å²) in [6.07, 6.45) is 0.650. The maximum atomic E-state index is 11.8. The number of rotatable bonds is 8. The Balaban J connectivity index is 0.00000420. The van der Waals surface area contributed by atoms with Gasteiger partial charge in [-0.1, -0.05) is 12.1 Å². The zero-order valence-electron chi connectivity index (χ0n) is 17.6. The van der Waals surface area contributed by atoms with E-state index in [0.717, 1.165) is 43.3 Å². The van der Waals surface area contributed by atoms with Crippen molar-refractivity contribution in [1.82, 2.24) is 15.1 Å². The molecule has 0 unspecified atom stereocenters. The SMILES string of the molecule is CCOC(=O)N1CCN(C(=NC)NCCCOCc2ccc(OC)cc2)CC1.I. The van der Waals surface area contributed by atoms with Crippen LogP contribution in [0, 0.1) is 0 Å². The van der Waals surface area contributed by atoms with E-state index in [9.17, 15) is 4.79 Å². The fourth-order valence-electron chi connectivity index (χ4n) is 2.93. The number of carbonyl (C=O) groups excluding carboxylic acids is 1. The number of piperazine rings is 1. The Hall–Kier alpha value is -1.75. The summed E-state index contributed by atoms with van der Waals surface area (Å²) >= 11 is 0. The van der Waals surface area contributed by atoms with Gasteiger partial charge < -0.3 is 29.3 Å². The number of amides is 1. The lowest BCUT2D eigenvalue weighted by Crippen LogP contribution is -2.54. The molecule has 0 atom stereocenters. The van der Waals surface area contributed by atoms with E-state index in [0.29, 0.717) is 32.9 Å². The van der Waals surface area contributed by atoms with Gasteiger partial charge in [-0.15, -0.1) is 24.0 Å². The Morgan fingerprint density at radius 3 is 2.38 bits per heavy atom. The predicted molar refractivity (Wildman–Crippen MR) is 124 cm³/mol. The van der Waals surface area contributed by atoms with Gasteiger partial charge in [0.2, 0.25) is 0 Å². The van der Waals surface area contributed by atoms with E-state index in [1.807, 2.05) is 31.2 Å². The second-order valence-corrected chi connectivity index (χ2v) is 6.40. The number of benzene rings is 1. The molecule has 0 aromatic heterocycles. The molecule has 164 valence electrons. The second kappa shape index (κ2) is 14.3. The van der Waals surface area contributed by atoms with Gasteiger partial charge in [-0.3, -0.25) is 4.99 Å². The van der Waals surface area contributed by atoms with Crippen LogP contribution in [0.15, 0.2) is 29.3 Å². The molecule has 1 fully saturated rings. The van der Waals surface area contributed by atoms with Crippen molar-refractivity contribution in [2.24, 2.45) is 4.99 Å². The summed E-state index contributed by atoms with van der Waals surface area (Å²) in [5.74, 6) is 1.71. The number of guanidine groups is 1. The first-order valence-electron chi connectivity index (χ1n) is 9.76. The first-order valence-corrected chi connectivity index (χ1v) is 9.76. The summed E-state index contributed by atoms with van der Waals surface area (Å²) in [4.78, 5) is 20.0. The van der Waals surface area contributed by atoms with Crippen molar-refractivity contribution in [3.05, 3.63) is 29.8 Å². The molecule has 0 saturated carbocycles. The molecule has 1 aromatic rings. The predicted octanol–water partition coefficient (Wildman–Crippen LogP) is 2.57. The van der Waals surface area contributed by atoms with Crippen LogP contribution in [0.4, 0.5) is 4.79 Å². The molecule has 29 heavy (non-hydrogen) atoms. The van der Waals surface area contributed by atoms with Crippen LogP contribution in [0.1, 0.15) is 18.9 Å². The number of nitrogens with zero attached hydrogens (tertiary/aromatic N) is 3. The number of ether oxygens (including phenoxy) is 3. The van der Waals surface area contributed by atoms with Gasteiger partial charge in [0.15, 0.2) is 5.96 Å². The summed E-state index contributed by atoms with van der Waals surface area (Å²) in [6, 6.07) is 7.89. The van der Waals surface area contributed by atoms with Crippen molar-refractivity contribution in [1.29, 1.82) is 0 Å². The number of hydrogen-bond acceptors (Lipinski definition) is 5. The van der Waals surface area contributed by atoms with Gasteiger partial charge in [0, 0.05) is 46.4 Å². The van der Waals surface area contributed by atoms with Crippen LogP contribution in [-0.2, 0) is 16.1 Å². The molecule has 0 aliphatic carbocycles. The largest absolute Gasteiger partial charge is 0.497 e. The van der Waals surface area contributed by atoms with Crippen LogP contribution in [0.5, 0.6) is 5.75 Å². The van der Waals surface area contributed by atoms with Gasteiger partial charge in [0.25, 0.3) is 0 Å². The summed E-state index contributed by atoms with van der Waals surface area (Å²) in [6.45, 7) is 7.05. The van der Waals surface area contributed by atoms with Crippen LogP contribution >= 0.6 is 24.0 Å². The number of nitrogens with one attached hydrogen (secondary N) is 1. The first-order chi connectivity index (χ1) is 13.7. The van der Waals surface area contributed by atoms with Crippen LogP contribution in [0.25, 0.3) is 0 Å². The molecule has 1 aliphatic rings. The van der Waals surface area contributed by atoms with Crippen LogP contribution < -0.4 is 10.1 Å². The third kappa shape index (κ3) is 8.65. The van der Waals surface area contributed by atoms with Crippen LogP contribution in [-0.4, -0.2) is 81.9 Å². The number of methoxy groups -OCH3 is 1. The molecule has 0 spiro atoms. The molecule has 9 heteroatoms. The number of hydrogen-bond donors (Lipinski definition) is 1. The highest BCUT2D eigenvalue weighted by molar-refractivity contribution is 14.0. The van der Waals surface area contributed by atoms with Crippen molar-refractivity contribution in [3.8, 4) is 5.75 Å². The van der Waals surface area contributed by atoms with E-state index in [2.05, 4.69) is 15.2 Å². The molecule has 2 rings (SSSR count). The van der Waals surface area contributed by atoms with Crippen LogP contribution in [0.3, 0.4) is 0 Å². The maximum Gasteiger partial charge on any atom is 0.409 e. The monoisotopic (exact) mass is 520 g/mol. The molecule has 8 nitrogen and oxygen atoms in total. The number of halogens is 1. The molecule has 1 aliphatic heterocycles. The molecule has 1 aromatic carbocycles. The van der Waals surface area contributed by atoms with E-state index in [1.54, 1.807) is 19.1 Å². The maximum absolute atomic E-state index is 11.8. The summed E-state index contributed by atoms with van der Waals surface area (Å²) < 4.78 is 15.9. The molecule has 1 amide bonds. The van der Waals surface area contributed by atoms with E-state index in [-0.39, 0.29) is 30.1 Å². The average Bonchev–Trinajstić information content (AvgIpc) is 2.74. The summed E-state index contributed by atoms with van der Waals surface area (Å²) in [5.41, 5.74) is 1.13. The molecule has 1 N–H and O–H groups in total. The van der Waals surface area contributed by atoms with Gasteiger partial charge in [-0.2, -0.15) is 0 Å². The Bertz CT molecular complexity index is 619. The minimum atomic E-state index is -0.237. The van der Waals surface area contributed by atoms with Gasteiger partial charge in [0.1, 0.15) is 5.75 Å². The van der Waals surface area contributed by atoms with E-state index >= 15 is 0 Å². The van der Waals surface area contributed by atoms with Crippen molar-refractivity contribution < 1.29 is 19.0 Å². The Morgan fingerprint density at radius 2 is 1.79 bits per heavy atom. The molecule has 0 bridgehead atoms. The number of aliphatic imine (C=N–C) groups is 1. The van der Waals surface area contributed by atoms with Gasteiger partial charge in [0.05, 0.1) is 20.3 Å². The zero-order valence-corrected chi connectivity index (χ0v) is 19.9. The van der Waals surface area contributed by atoms with E-state index in [1.165, 1.54) is 0 Å². The summed E-state index contributed by atoms with van der Waals surface area (Å²) in [5, 5.41) is 3.37. The van der Waals surface area contributed by atoms with E-state index in [4.69, 9.17) is 14.2 Å². The molecular formula is C20H33IN4O4. The van der Waals surface area contributed by atoms with Crippen LogP contribution in [0.2, 0.25) is 0 Å². The highest BCUT2D eigenvalue weighted by Crippen LogP contribution is 2.12. The fourth-order valence-corrected chi connectivity index (χ4v) is 2.93. The van der Waals surface area contributed by atoms with E-state index < -0.39 is 0 Å². The lowest BCUT2D eigenvalue weighted by atomic mass is 10.2. The lowest BCUT2D eigenvalue weighted by molar-refractivity contribution is 0.0913. The van der Waals surface area contributed by atoms with Crippen molar-refractivity contribution in [2.75, 3.05) is 60.1 Å². The van der Waals surface area contributed by atoms with Crippen molar-refractivity contribution in [2.45, 2.75) is 20.0 Å². The average molecular weight is 520 g/mol. The highest BCUT2D eigenvalue weighted by atomic mass is 127. The lowest BCUT2D eigenvalue weighted by Gasteiger charge is -2.35. The van der Waals surface area contributed by atoms with Gasteiger partial charge in [-0.05, 0) is 31.0 Å². The summed E-state index contributed by atoms with van der Waals surface area (Å²) in [7, 11) is 3.44. The Labute approximate surface area is 190 Å². The fraction of sp³-hybridized carbons (Fsp3) is 0.600. The topological polar surface area (TPSA) is 75.6 Å². The minimum absolute atomic E-state index is 0. The molecule has 1 heterocycles. The highest BCUT2D eigenvalue weighted by Gasteiger charge is 2.23. The number of carbonyl (C=O) groups is 1. The molecule has 0 radical (unpaired) electrons. The molecule has 1 saturated heterocycles. The Morgan fingerprint density at radius 1 is 1.14 bits per heavy atom. The van der Waals surface area contributed by atoms with Crippen molar-refractivity contribution in [3.63, 3.8) is 0 Å².